The van der Waals surface area contributed by atoms with E-state index in [1.54, 1.807) is 24.3 Å². The number of esters is 1. The second kappa shape index (κ2) is 8.82. The topological polar surface area (TPSA) is 145 Å². The van der Waals surface area contributed by atoms with Crippen LogP contribution >= 0.6 is 11.6 Å². The Morgan fingerprint density at radius 3 is 2.44 bits per heavy atom. The summed E-state index contributed by atoms with van der Waals surface area (Å²) in [6.45, 7) is 1.26. The highest BCUT2D eigenvalue weighted by atomic mass is 35.5. The van der Waals surface area contributed by atoms with Crippen molar-refractivity contribution in [2.75, 3.05) is 10.2 Å². The first-order valence-corrected chi connectivity index (χ1v) is 12.5. The lowest BCUT2D eigenvalue weighted by Crippen LogP contribution is -2.53. The van der Waals surface area contributed by atoms with E-state index in [0.29, 0.717) is 21.8 Å². The molecule has 0 bridgehead atoms. The van der Waals surface area contributed by atoms with Crippen LogP contribution in [0.1, 0.15) is 18.1 Å². The molecule has 39 heavy (non-hydrogen) atoms. The molecular formula is C28H22ClN3O7. The number of ether oxygens (including phenoxy) is 1. The molecule has 0 unspecified atom stereocenters. The quantitative estimate of drug-likeness (QED) is 0.169. The number of amides is 3. The Hall–Kier alpha value is -4.41. The third-order valence-corrected chi connectivity index (χ3v) is 7.76. The highest BCUT2D eigenvalue weighted by Gasteiger charge is 2.70. The van der Waals surface area contributed by atoms with E-state index < -0.39 is 47.1 Å². The summed E-state index contributed by atoms with van der Waals surface area (Å²) in [4.78, 5) is 54.0. The van der Waals surface area contributed by atoms with Gasteiger partial charge in [-0.1, -0.05) is 17.7 Å². The Kier molecular flexibility index (Phi) is 5.63. The van der Waals surface area contributed by atoms with Gasteiger partial charge in [0.25, 0.3) is 0 Å². The Balaban J connectivity index is 1.45. The van der Waals surface area contributed by atoms with E-state index in [4.69, 9.17) is 16.3 Å². The molecule has 3 aromatic rings. The normalized spacial score (nSPS) is 25.1. The van der Waals surface area contributed by atoms with Gasteiger partial charge < -0.3 is 20.3 Å². The van der Waals surface area contributed by atoms with E-state index in [-0.39, 0.29) is 29.4 Å². The molecule has 1 spiro atoms. The van der Waals surface area contributed by atoms with Gasteiger partial charge in [0, 0.05) is 29.2 Å². The van der Waals surface area contributed by atoms with E-state index in [1.165, 1.54) is 43.3 Å². The summed E-state index contributed by atoms with van der Waals surface area (Å²) in [6.07, 6.45) is 0.179. The number of fused-ring (bicyclic) bond motifs is 4. The Morgan fingerprint density at radius 2 is 1.74 bits per heavy atom. The van der Waals surface area contributed by atoms with Gasteiger partial charge in [-0.2, -0.15) is 0 Å². The third kappa shape index (κ3) is 3.75. The van der Waals surface area contributed by atoms with Crippen LogP contribution in [0.4, 0.5) is 11.4 Å². The maximum atomic E-state index is 14.1. The first-order chi connectivity index (χ1) is 18.6. The van der Waals surface area contributed by atoms with Crippen molar-refractivity contribution in [2.24, 2.45) is 11.8 Å². The molecule has 0 aromatic heterocycles. The first-order valence-electron chi connectivity index (χ1n) is 12.2. The number of carbonyl (C=O) groups excluding carboxylic acids is 4. The summed E-state index contributed by atoms with van der Waals surface area (Å²) in [5.74, 6) is -4.41. The molecule has 11 heteroatoms. The molecule has 2 fully saturated rings. The fourth-order valence-electron chi connectivity index (χ4n) is 5.98. The number of hydrogen-bond acceptors (Lipinski definition) is 8. The number of anilines is 2. The number of benzene rings is 3. The number of rotatable bonds is 4. The highest BCUT2D eigenvalue weighted by molar-refractivity contribution is 6.31. The summed E-state index contributed by atoms with van der Waals surface area (Å²) in [5.41, 5.74) is 0.263. The molecule has 0 saturated carbocycles. The molecular weight excluding hydrogens is 526 g/mol. The fraction of sp³-hybridized carbons (Fsp3) is 0.214. The van der Waals surface area contributed by atoms with Crippen molar-refractivity contribution in [2.45, 2.75) is 24.9 Å². The molecule has 3 amide bonds. The Morgan fingerprint density at radius 1 is 1.00 bits per heavy atom. The zero-order valence-corrected chi connectivity index (χ0v) is 21.2. The van der Waals surface area contributed by atoms with Crippen LogP contribution in [0.5, 0.6) is 17.2 Å². The minimum absolute atomic E-state index is 0.179. The summed E-state index contributed by atoms with van der Waals surface area (Å²) < 4.78 is 5.06. The molecule has 4 N–H and O–H groups in total. The zero-order valence-electron chi connectivity index (χ0n) is 20.5. The molecule has 4 atom stereocenters. The maximum Gasteiger partial charge on any atom is 0.308 e. The van der Waals surface area contributed by atoms with Crippen LogP contribution < -0.4 is 20.3 Å². The van der Waals surface area contributed by atoms with Crippen molar-refractivity contribution in [1.82, 2.24) is 5.32 Å². The molecule has 10 nitrogen and oxygen atoms in total. The second-order valence-corrected chi connectivity index (χ2v) is 10.3. The fourth-order valence-corrected chi connectivity index (χ4v) is 6.15. The molecule has 0 aliphatic carbocycles. The van der Waals surface area contributed by atoms with Crippen LogP contribution in [0.25, 0.3) is 0 Å². The van der Waals surface area contributed by atoms with E-state index in [0.717, 1.165) is 4.90 Å². The van der Waals surface area contributed by atoms with Gasteiger partial charge >= 0.3 is 5.97 Å². The average Bonchev–Trinajstić information content (AvgIpc) is 3.46. The minimum Gasteiger partial charge on any atom is -0.504 e. The highest BCUT2D eigenvalue weighted by Crippen LogP contribution is 2.54. The van der Waals surface area contributed by atoms with Crippen LogP contribution in [0.3, 0.4) is 0 Å². The molecule has 3 aliphatic heterocycles. The van der Waals surface area contributed by atoms with Gasteiger partial charge in [-0.3, -0.25) is 24.5 Å². The molecule has 3 aliphatic rings. The lowest BCUT2D eigenvalue weighted by atomic mass is 9.76. The minimum atomic E-state index is -1.56. The Bertz CT molecular complexity index is 1570. The van der Waals surface area contributed by atoms with Crippen LogP contribution in [0, 0.1) is 11.8 Å². The standard InChI is InChI=1S/C28H22ClN3O7/c1-13(33)39-17-6-4-16(5-7-17)32-25(36)23-20(10-14-2-9-21(34)22(35)11-14)31-28(24(23)26(32)37)18-12-15(29)3-8-19(18)30-27(28)38/h2-9,11-12,20,23-24,31,34-35H,10H2,1H3,(H,30,38)/t20-,23-,24+,28+/m1/s1. The average molecular weight is 548 g/mol. The molecule has 198 valence electrons. The van der Waals surface area contributed by atoms with Gasteiger partial charge in [0.2, 0.25) is 17.7 Å². The summed E-state index contributed by atoms with van der Waals surface area (Å²) in [6, 6.07) is 14.5. The van der Waals surface area contributed by atoms with E-state index in [2.05, 4.69) is 10.6 Å². The van der Waals surface area contributed by atoms with Gasteiger partial charge in [0.05, 0.1) is 17.5 Å². The van der Waals surface area contributed by atoms with Crippen LogP contribution in [-0.4, -0.2) is 39.9 Å². The predicted octanol–water partition coefficient (Wildman–Crippen LogP) is 2.84. The lowest BCUT2D eigenvalue weighted by Gasteiger charge is -2.29. The van der Waals surface area contributed by atoms with Crippen LogP contribution in [0.15, 0.2) is 60.7 Å². The van der Waals surface area contributed by atoms with E-state index in [1.807, 2.05) is 0 Å². The smallest absolute Gasteiger partial charge is 0.308 e. The molecule has 3 aromatic carbocycles. The predicted molar refractivity (Wildman–Crippen MR) is 139 cm³/mol. The number of nitrogens with one attached hydrogen (secondary N) is 2. The summed E-state index contributed by atoms with van der Waals surface area (Å²) in [7, 11) is 0. The van der Waals surface area contributed by atoms with Crippen molar-refractivity contribution in [3.63, 3.8) is 0 Å². The van der Waals surface area contributed by atoms with E-state index >= 15 is 0 Å². The van der Waals surface area contributed by atoms with Gasteiger partial charge in [-0.05, 0) is 66.6 Å². The van der Waals surface area contributed by atoms with Crippen LogP contribution in [-0.2, 0) is 31.1 Å². The summed E-state index contributed by atoms with van der Waals surface area (Å²) in [5, 5.41) is 26.3. The number of phenols is 2. The second-order valence-electron chi connectivity index (χ2n) is 9.83. The number of imide groups is 1. The van der Waals surface area contributed by atoms with Crippen molar-refractivity contribution in [1.29, 1.82) is 0 Å². The monoisotopic (exact) mass is 547 g/mol. The van der Waals surface area contributed by atoms with Crippen molar-refractivity contribution in [3.8, 4) is 17.2 Å². The van der Waals surface area contributed by atoms with Crippen LogP contribution in [0.2, 0.25) is 5.02 Å². The number of hydrogen-bond donors (Lipinski definition) is 4. The SMILES string of the molecule is CC(=O)Oc1ccc(N2C(=O)[C@H]3[C@@H](C2=O)[C@]2(N[C@@H]3Cc3ccc(O)c(O)c3)C(=O)Nc3ccc(Cl)cc32)cc1. The van der Waals surface area contributed by atoms with Crippen molar-refractivity contribution < 1.29 is 34.1 Å². The van der Waals surface area contributed by atoms with Crippen molar-refractivity contribution >= 4 is 46.7 Å². The number of carbonyl (C=O) groups is 4. The number of halogens is 1. The summed E-state index contributed by atoms with van der Waals surface area (Å²) >= 11 is 6.30. The molecule has 6 rings (SSSR count). The van der Waals surface area contributed by atoms with Gasteiger partial charge in [-0.25, -0.2) is 4.90 Å². The molecule has 3 heterocycles. The van der Waals surface area contributed by atoms with E-state index in [9.17, 15) is 29.4 Å². The molecule has 0 radical (unpaired) electrons. The van der Waals surface area contributed by atoms with Gasteiger partial charge in [-0.15, -0.1) is 0 Å². The Labute approximate surface area is 227 Å². The third-order valence-electron chi connectivity index (χ3n) is 7.53. The number of phenolic OH excluding ortho intramolecular Hbond substituents is 2. The lowest BCUT2D eigenvalue weighted by molar-refractivity contribution is -0.132. The maximum absolute atomic E-state index is 14.1. The number of nitrogens with zero attached hydrogens (tertiary/aromatic N) is 1. The number of aromatic hydroxyl groups is 2. The van der Waals surface area contributed by atoms with Gasteiger partial charge in [0.1, 0.15) is 11.3 Å². The molecule has 2 saturated heterocycles. The first kappa shape index (κ1) is 24.9. The van der Waals surface area contributed by atoms with Gasteiger partial charge in [0.15, 0.2) is 11.5 Å². The zero-order chi connectivity index (χ0) is 27.6. The van der Waals surface area contributed by atoms with Crippen molar-refractivity contribution in [3.05, 3.63) is 76.8 Å². The largest absolute Gasteiger partial charge is 0.504 e.